The molecule has 130 valence electrons. The maximum absolute atomic E-state index is 12.1. The van der Waals surface area contributed by atoms with E-state index >= 15 is 0 Å². The molecule has 0 radical (unpaired) electrons. The quantitative estimate of drug-likeness (QED) is 0.834. The molecule has 1 aliphatic rings. The average molecular weight is 331 g/mol. The van der Waals surface area contributed by atoms with E-state index in [9.17, 15) is 4.79 Å². The molecule has 24 heavy (non-hydrogen) atoms. The summed E-state index contributed by atoms with van der Waals surface area (Å²) >= 11 is 0. The number of allylic oxidation sites excluding steroid dienone is 1. The van der Waals surface area contributed by atoms with E-state index in [1.807, 2.05) is 30.3 Å². The molecule has 1 aromatic rings. The van der Waals surface area contributed by atoms with Gasteiger partial charge in [-0.05, 0) is 18.1 Å². The number of benzene rings is 1. The number of methoxy groups -OCH3 is 3. The van der Waals surface area contributed by atoms with Crippen molar-refractivity contribution in [2.45, 2.75) is 25.4 Å². The first-order valence-electron chi connectivity index (χ1n) is 8.01. The number of carbonyl (C=O) groups is 1. The molecule has 2 unspecified atom stereocenters. The molecule has 0 saturated carbocycles. The van der Waals surface area contributed by atoms with Crippen LogP contribution in [0.4, 0.5) is 0 Å². The lowest BCUT2D eigenvalue weighted by atomic mass is 9.70. The molecule has 2 rings (SSSR count). The Balaban J connectivity index is 2.81. The van der Waals surface area contributed by atoms with Crippen molar-refractivity contribution in [3.8, 4) is 0 Å². The molecule has 0 saturated heterocycles. The van der Waals surface area contributed by atoms with Crippen molar-refractivity contribution in [2.24, 2.45) is 11.7 Å². The lowest BCUT2D eigenvalue weighted by molar-refractivity contribution is -0.118. The smallest absolute Gasteiger partial charge is 0.245 e. The van der Waals surface area contributed by atoms with Gasteiger partial charge >= 0.3 is 0 Å². The van der Waals surface area contributed by atoms with Crippen LogP contribution in [0.25, 0.3) is 0 Å². The highest BCUT2D eigenvalue weighted by molar-refractivity contribution is 5.93. The molecule has 0 spiro atoms. The number of ether oxygens (including phenoxy) is 3. The van der Waals surface area contributed by atoms with E-state index < -0.39 is 11.5 Å². The van der Waals surface area contributed by atoms with Gasteiger partial charge in [-0.25, -0.2) is 0 Å². The zero-order chi connectivity index (χ0) is 17.7. The van der Waals surface area contributed by atoms with Crippen LogP contribution < -0.4 is 5.73 Å². The first-order chi connectivity index (χ1) is 11.6. The van der Waals surface area contributed by atoms with Crippen LogP contribution in [-0.2, 0) is 24.6 Å². The zero-order valence-corrected chi connectivity index (χ0v) is 14.7. The maximum atomic E-state index is 12.1. The minimum absolute atomic E-state index is 0.263. The van der Waals surface area contributed by atoms with E-state index in [1.165, 1.54) is 7.11 Å². The molecule has 2 N–H and O–H groups in total. The van der Waals surface area contributed by atoms with Gasteiger partial charge in [0.1, 0.15) is 0 Å². The Bertz CT molecular complexity index is 651. The minimum atomic E-state index is -0.962. The summed E-state index contributed by atoms with van der Waals surface area (Å²) in [6.45, 7) is 2.06. The molecule has 0 fully saturated rings. The van der Waals surface area contributed by atoms with Crippen molar-refractivity contribution < 1.29 is 19.0 Å². The Hall–Kier alpha value is -2.27. The highest BCUT2D eigenvalue weighted by Crippen LogP contribution is 2.50. The van der Waals surface area contributed by atoms with Crippen molar-refractivity contribution in [2.75, 3.05) is 21.3 Å². The van der Waals surface area contributed by atoms with Gasteiger partial charge in [0.2, 0.25) is 5.91 Å². The Labute approximate surface area is 143 Å². The summed E-state index contributed by atoms with van der Waals surface area (Å²) in [5.74, 6) is 0.253. The predicted molar refractivity (Wildman–Crippen MR) is 91.8 cm³/mol. The predicted octanol–water partition coefficient (Wildman–Crippen LogP) is 2.87. The Morgan fingerprint density at radius 1 is 1.17 bits per heavy atom. The lowest BCUT2D eigenvalue weighted by Gasteiger charge is -2.44. The summed E-state index contributed by atoms with van der Waals surface area (Å²) in [4.78, 5) is 12.1. The first-order valence-corrected chi connectivity index (χ1v) is 8.01. The van der Waals surface area contributed by atoms with Crippen LogP contribution in [0, 0.1) is 5.92 Å². The maximum Gasteiger partial charge on any atom is 0.245 e. The van der Waals surface area contributed by atoms with Gasteiger partial charge in [0.15, 0.2) is 17.1 Å². The van der Waals surface area contributed by atoms with Gasteiger partial charge in [0.25, 0.3) is 0 Å². The number of nitrogens with two attached hydrogens (primary N) is 1. The van der Waals surface area contributed by atoms with Gasteiger partial charge in [-0.2, -0.15) is 0 Å². The first kappa shape index (κ1) is 18.1. The summed E-state index contributed by atoms with van der Waals surface area (Å²) in [5, 5.41) is 0. The fourth-order valence-electron chi connectivity index (χ4n) is 3.53. The highest BCUT2D eigenvalue weighted by Gasteiger charge is 2.51. The topological polar surface area (TPSA) is 70.8 Å². The molecule has 1 aliphatic carbocycles. The van der Waals surface area contributed by atoms with E-state index in [2.05, 4.69) is 6.92 Å². The number of rotatable bonds is 7. The summed E-state index contributed by atoms with van der Waals surface area (Å²) in [6, 6.07) is 9.72. The number of amides is 1. The van der Waals surface area contributed by atoms with E-state index in [0.717, 1.165) is 18.4 Å². The second-order valence-electron chi connectivity index (χ2n) is 5.71. The second-order valence-corrected chi connectivity index (χ2v) is 5.71. The summed E-state index contributed by atoms with van der Waals surface area (Å²) < 4.78 is 17.2. The Morgan fingerprint density at radius 2 is 1.83 bits per heavy atom. The van der Waals surface area contributed by atoms with Crippen LogP contribution in [0.1, 0.15) is 25.3 Å². The SMILES string of the molecule is CCCC1C(C(N)=O)=CC(OC)=C(OC)C1(OC)c1ccccc1. The minimum Gasteiger partial charge on any atom is -0.494 e. The van der Waals surface area contributed by atoms with Crippen LogP contribution in [0.15, 0.2) is 53.5 Å². The third kappa shape index (κ3) is 2.80. The normalized spacial score (nSPS) is 23.7. The third-order valence-corrected chi connectivity index (χ3v) is 4.52. The molecule has 2 atom stereocenters. The highest BCUT2D eigenvalue weighted by atomic mass is 16.5. The molecule has 1 aromatic carbocycles. The van der Waals surface area contributed by atoms with Crippen molar-refractivity contribution in [3.05, 3.63) is 59.1 Å². The summed E-state index contributed by atoms with van der Waals surface area (Å²) in [6.07, 6.45) is 3.26. The van der Waals surface area contributed by atoms with Crippen molar-refractivity contribution in [1.82, 2.24) is 0 Å². The number of primary amides is 1. The molecule has 0 heterocycles. The Kier molecular flexibility index (Phi) is 5.67. The van der Waals surface area contributed by atoms with E-state index in [0.29, 0.717) is 17.1 Å². The molecular formula is C19H25NO4. The second kappa shape index (κ2) is 7.53. The van der Waals surface area contributed by atoms with Gasteiger partial charge in [-0.3, -0.25) is 4.79 Å². The van der Waals surface area contributed by atoms with Crippen LogP contribution in [0.5, 0.6) is 0 Å². The molecule has 5 heteroatoms. The van der Waals surface area contributed by atoms with Crippen molar-refractivity contribution in [3.63, 3.8) is 0 Å². The van der Waals surface area contributed by atoms with Crippen molar-refractivity contribution in [1.29, 1.82) is 0 Å². The Morgan fingerprint density at radius 3 is 2.29 bits per heavy atom. The van der Waals surface area contributed by atoms with E-state index in [4.69, 9.17) is 19.9 Å². The van der Waals surface area contributed by atoms with Crippen LogP contribution >= 0.6 is 0 Å². The van der Waals surface area contributed by atoms with Crippen LogP contribution in [0.2, 0.25) is 0 Å². The van der Waals surface area contributed by atoms with Gasteiger partial charge in [0, 0.05) is 18.6 Å². The van der Waals surface area contributed by atoms with Crippen molar-refractivity contribution >= 4 is 5.91 Å². The molecule has 5 nitrogen and oxygen atoms in total. The molecule has 0 aromatic heterocycles. The number of hydrogen-bond donors (Lipinski definition) is 1. The largest absolute Gasteiger partial charge is 0.494 e. The molecule has 1 amide bonds. The summed E-state index contributed by atoms with van der Waals surface area (Å²) in [5.41, 5.74) is 6.08. The molecule has 0 bridgehead atoms. The standard InChI is InChI=1S/C19H25NO4/c1-5-9-15-14(18(20)21)12-16(22-2)17(23-3)19(15,24-4)13-10-7-6-8-11-13/h6-8,10-12,15H,5,9H2,1-4H3,(H2,20,21). The molecular weight excluding hydrogens is 306 g/mol. The number of hydrogen-bond acceptors (Lipinski definition) is 4. The van der Waals surface area contributed by atoms with E-state index in [1.54, 1.807) is 20.3 Å². The summed E-state index contributed by atoms with van der Waals surface area (Å²) in [7, 11) is 4.73. The van der Waals surface area contributed by atoms with Gasteiger partial charge in [-0.1, -0.05) is 43.7 Å². The fourth-order valence-corrected chi connectivity index (χ4v) is 3.53. The van der Waals surface area contributed by atoms with E-state index in [-0.39, 0.29) is 5.92 Å². The average Bonchev–Trinajstić information content (AvgIpc) is 2.61. The molecule has 0 aliphatic heterocycles. The number of carbonyl (C=O) groups excluding carboxylic acids is 1. The third-order valence-electron chi connectivity index (χ3n) is 4.52. The zero-order valence-electron chi connectivity index (χ0n) is 14.7. The fraction of sp³-hybridized carbons (Fsp3) is 0.421. The van der Waals surface area contributed by atoms with Gasteiger partial charge in [-0.15, -0.1) is 0 Å². The lowest BCUT2D eigenvalue weighted by Crippen LogP contribution is -2.46. The van der Waals surface area contributed by atoms with Gasteiger partial charge < -0.3 is 19.9 Å². The monoisotopic (exact) mass is 331 g/mol. The van der Waals surface area contributed by atoms with Gasteiger partial charge in [0.05, 0.1) is 14.2 Å². The van der Waals surface area contributed by atoms with Crippen LogP contribution in [-0.4, -0.2) is 27.2 Å². The van der Waals surface area contributed by atoms with Crippen LogP contribution in [0.3, 0.4) is 0 Å².